The summed E-state index contributed by atoms with van der Waals surface area (Å²) in [5.74, 6) is -1.38. The van der Waals surface area contributed by atoms with Crippen molar-refractivity contribution in [2.45, 2.75) is 18.8 Å². The number of anilines is 1. The molecule has 2 amide bonds. The van der Waals surface area contributed by atoms with Crippen LogP contribution < -0.4 is 10.1 Å². The largest absolute Gasteiger partial charge is 0.479 e. The SMILES string of the molecule is COc1nc(F)c(C2CCOCC2)c2sc(NC(=O)c3ccc(C(=O)N(C)CO)cc3)nc12. The van der Waals surface area contributed by atoms with Crippen LogP contribution in [0.1, 0.15) is 45.0 Å². The zero-order valence-electron chi connectivity index (χ0n) is 18.1. The smallest absolute Gasteiger partial charge is 0.257 e. The van der Waals surface area contributed by atoms with Crippen molar-refractivity contribution in [3.8, 4) is 5.88 Å². The molecule has 0 radical (unpaired) electrons. The van der Waals surface area contributed by atoms with Crippen LogP contribution in [0.5, 0.6) is 5.88 Å². The monoisotopic (exact) mass is 474 g/mol. The van der Waals surface area contributed by atoms with Crippen LogP contribution in [-0.2, 0) is 4.74 Å². The number of nitrogens with zero attached hydrogens (tertiary/aromatic N) is 3. The lowest BCUT2D eigenvalue weighted by Crippen LogP contribution is -2.27. The van der Waals surface area contributed by atoms with E-state index in [2.05, 4.69) is 15.3 Å². The number of thiazole rings is 1. The predicted molar refractivity (Wildman–Crippen MR) is 120 cm³/mol. The molecule has 1 aliphatic rings. The lowest BCUT2D eigenvalue weighted by molar-refractivity contribution is 0.0629. The number of aromatic nitrogens is 2. The minimum Gasteiger partial charge on any atom is -0.479 e. The zero-order chi connectivity index (χ0) is 23.5. The Hall–Kier alpha value is -3.15. The molecule has 3 heterocycles. The van der Waals surface area contributed by atoms with Gasteiger partial charge in [0.2, 0.25) is 11.8 Å². The Balaban J connectivity index is 1.61. The van der Waals surface area contributed by atoms with Crippen molar-refractivity contribution in [1.29, 1.82) is 0 Å². The first-order valence-corrected chi connectivity index (χ1v) is 11.1. The third-order valence-corrected chi connectivity index (χ3v) is 6.50. The molecule has 3 aromatic rings. The van der Waals surface area contributed by atoms with Gasteiger partial charge in [0.1, 0.15) is 12.2 Å². The third-order valence-electron chi connectivity index (χ3n) is 5.49. The maximum Gasteiger partial charge on any atom is 0.257 e. The fourth-order valence-corrected chi connectivity index (χ4v) is 4.76. The van der Waals surface area contributed by atoms with Crippen LogP contribution in [0, 0.1) is 5.95 Å². The number of benzene rings is 1. The maximum absolute atomic E-state index is 14.9. The van der Waals surface area contributed by atoms with E-state index in [1.54, 1.807) is 0 Å². The summed E-state index contributed by atoms with van der Waals surface area (Å²) < 4.78 is 26.1. The van der Waals surface area contributed by atoms with Crippen molar-refractivity contribution in [2.24, 2.45) is 0 Å². The number of aliphatic hydroxyl groups is 1. The van der Waals surface area contributed by atoms with Crippen molar-refractivity contribution in [3.63, 3.8) is 0 Å². The molecule has 1 aliphatic heterocycles. The van der Waals surface area contributed by atoms with Crippen molar-refractivity contribution in [1.82, 2.24) is 14.9 Å². The predicted octanol–water partition coefficient (Wildman–Crippen LogP) is 3.01. The molecule has 0 bridgehead atoms. The topological polar surface area (TPSA) is 114 Å². The Bertz CT molecular complexity index is 1180. The first-order chi connectivity index (χ1) is 15.9. The van der Waals surface area contributed by atoms with Gasteiger partial charge < -0.3 is 19.5 Å². The van der Waals surface area contributed by atoms with Crippen LogP contribution in [0.2, 0.25) is 0 Å². The second-order valence-electron chi connectivity index (χ2n) is 7.58. The number of carbonyl (C=O) groups excluding carboxylic acids is 2. The second kappa shape index (κ2) is 9.77. The lowest BCUT2D eigenvalue weighted by Gasteiger charge is -2.22. The minimum absolute atomic E-state index is 0.0502. The number of fused-ring (bicyclic) bond motifs is 1. The number of hydrogen-bond donors (Lipinski definition) is 2. The molecule has 1 fully saturated rings. The molecule has 0 atom stereocenters. The summed E-state index contributed by atoms with van der Waals surface area (Å²) in [5.41, 5.74) is 1.53. The van der Waals surface area contributed by atoms with Crippen LogP contribution in [-0.4, -0.2) is 65.9 Å². The Labute approximate surface area is 193 Å². The average Bonchev–Trinajstić information content (AvgIpc) is 3.26. The van der Waals surface area contributed by atoms with Crippen molar-refractivity contribution in [3.05, 3.63) is 46.9 Å². The number of aliphatic hydroxyl groups excluding tert-OH is 1. The molecule has 0 unspecified atom stereocenters. The highest BCUT2D eigenvalue weighted by Gasteiger charge is 2.27. The molecule has 9 nitrogen and oxygen atoms in total. The van der Waals surface area contributed by atoms with Gasteiger partial charge in [0.15, 0.2) is 5.13 Å². The van der Waals surface area contributed by atoms with Gasteiger partial charge in [0.05, 0.1) is 11.8 Å². The van der Waals surface area contributed by atoms with E-state index in [1.807, 2.05) is 0 Å². The number of nitrogens with one attached hydrogen (secondary N) is 1. The van der Waals surface area contributed by atoms with Gasteiger partial charge in [-0.05, 0) is 43.0 Å². The number of hydrogen-bond acceptors (Lipinski definition) is 8. The summed E-state index contributed by atoms with van der Waals surface area (Å²) in [5, 5.41) is 12.1. The van der Waals surface area contributed by atoms with Crippen molar-refractivity contribution >= 4 is 38.5 Å². The maximum atomic E-state index is 14.9. The van der Waals surface area contributed by atoms with E-state index in [0.717, 1.165) is 4.90 Å². The first-order valence-electron chi connectivity index (χ1n) is 10.3. The van der Waals surface area contributed by atoms with Crippen molar-refractivity contribution < 1.29 is 28.6 Å². The Morgan fingerprint density at radius 3 is 2.55 bits per heavy atom. The summed E-state index contributed by atoms with van der Waals surface area (Å²) in [6, 6.07) is 6.04. The molecule has 4 rings (SSSR count). The molecular formula is C22H23FN4O5S. The van der Waals surface area contributed by atoms with Crippen LogP contribution in [0.3, 0.4) is 0 Å². The minimum atomic E-state index is -0.596. The molecule has 1 aromatic carbocycles. The molecular weight excluding hydrogens is 451 g/mol. The number of ether oxygens (including phenoxy) is 2. The molecule has 0 saturated carbocycles. The average molecular weight is 475 g/mol. The normalized spacial score (nSPS) is 14.3. The van der Waals surface area contributed by atoms with Gasteiger partial charge in [-0.15, -0.1) is 0 Å². The van der Waals surface area contributed by atoms with E-state index in [0.29, 0.717) is 53.0 Å². The Morgan fingerprint density at radius 2 is 1.91 bits per heavy atom. The van der Waals surface area contributed by atoms with E-state index in [4.69, 9.17) is 14.6 Å². The number of rotatable bonds is 6. The van der Waals surface area contributed by atoms with E-state index >= 15 is 0 Å². The first kappa shape index (κ1) is 23.0. The quantitative estimate of drug-likeness (QED) is 0.417. The number of halogens is 1. The molecule has 0 spiro atoms. The molecule has 33 heavy (non-hydrogen) atoms. The molecule has 0 aliphatic carbocycles. The summed E-state index contributed by atoms with van der Waals surface area (Å²) in [6.07, 6.45) is 1.35. The number of amides is 2. The summed E-state index contributed by atoms with van der Waals surface area (Å²) in [7, 11) is 2.86. The fraction of sp³-hybridized carbons (Fsp3) is 0.364. The summed E-state index contributed by atoms with van der Waals surface area (Å²) >= 11 is 1.17. The van der Waals surface area contributed by atoms with E-state index in [-0.39, 0.29) is 22.8 Å². The highest BCUT2D eigenvalue weighted by Crippen LogP contribution is 2.41. The van der Waals surface area contributed by atoms with Gasteiger partial charge in [-0.1, -0.05) is 11.3 Å². The second-order valence-corrected chi connectivity index (χ2v) is 8.58. The van der Waals surface area contributed by atoms with E-state index in [9.17, 15) is 14.0 Å². The van der Waals surface area contributed by atoms with Gasteiger partial charge in [-0.3, -0.25) is 14.9 Å². The standard InChI is InChI=1S/C22H23FN4O5S/c1-27(11-28)21(30)14-5-3-13(4-6-14)19(29)26-22-24-16-17(33-22)15(12-7-9-32-10-8-12)18(23)25-20(16)31-2/h3-6,12,28H,7-11H2,1-2H3,(H,24,26,29). The van der Waals surface area contributed by atoms with Gasteiger partial charge in [-0.2, -0.15) is 9.37 Å². The van der Waals surface area contributed by atoms with E-state index < -0.39 is 18.6 Å². The van der Waals surface area contributed by atoms with E-state index in [1.165, 1.54) is 49.8 Å². The zero-order valence-corrected chi connectivity index (χ0v) is 18.9. The molecule has 174 valence electrons. The van der Waals surface area contributed by atoms with Crippen LogP contribution in [0.15, 0.2) is 24.3 Å². The Morgan fingerprint density at radius 1 is 1.24 bits per heavy atom. The molecule has 1 saturated heterocycles. The fourth-order valence-electron chi connectivity index (χ4n) is 3.70. The number of pyridine rings is 1. The van der Waals surface area contributed by atoms with Crippen LogP contribution in [0.25, 0.3) is 10.2 Å². The van der Waals surface area contributed by atoms with Gasteiger partial charge >= 0.3 is 0 Å². The number of methoxy groups -OCH3 is 1. The Kier molecular flexibility index (Phi) is 6.82. The summed E-state index contributed by atoms with van der Waals surface area (Å²) in [4.78, 5) is 34.4. The van der Waals surface area contributed by atoms with Crippen molar-refractivity contribution in [2.75, 3.05) is 39.4 Å². The lowest BCUT2D eigenvalue weighted by atomic mass is 9.92. The van der Waals surface area contributed by atoms with Gasteiger partial charge in [-0.25, -0.2) is 4.98 Å². The molecule has 2 aromatic heterocycles. The highest BCUT2D eigenvalue weighted by atomic mass is 32.1. The third kappa shape index (κ3) is 4.65. The van der Waals surface area contributed by atoms with Gasteiger partial charge in [0.25, 0.3) is 11.8 Å². The van der Waals surface area contributed by atoms with Gasteiger partial charge in [0, 0.05) is 37.0 Å². The molecule has 11 heteroatoms. The van der Waals surface area contributed by atoms with Crippen LogP contribution in [0.4, 0.5) is 9.52 Å². The number of carbonyl (C=O) groups is 2. The highest BCUT2D eigenvalue weighted by molar-refractivity contribution is 7.22. The summed E-state index contributed by atoms with van der Waals surface area (Å²) in [6.45, 7) is 0.687. The molecule has 2 N–H and O–H groups in total. The van der Waals surface area contributed by atoms with Crippen LogP contribution >= 0.6 is 11.3 Å².